The van der Waals surface area contributed by atoms with Gasteiger partial charge in [-0.1, -0.05) is 18.0 Å². The SMILES string of the molecule is CCNC(=NCCNS(=O)(=O)c1ccc(Cl)s1)NCCN1CCCCC1. The van der Waals surface area contributed by atoms with Gasteiger partial charge in [-0.05, 0) is 45.0 Å². The summed E-state index contributed by atoms with van der Waals surface area (Å²) in [7, 11) is -3.51. The second kappa shape index (κ2) is 11.1. The van der Waals surface area contributed by atoms with Gasteiger partial charge in [0.15, 0.2) is 5.96 Å². The zero-order valence-corrected chi connectivity index (χ0v) is 17.5. The van der Waals surface area contributed by atoms with E-state index in [0.717, 1.165) is 31.0 Å². The van der Waals surface area contributed by atoms with Crippen LogP contribution in [0.4, 0.5) is 0 Å². The normalized spacial score (nSPS) is 16.6. The third kappa shape index (κ3) is 7.40. The Kier molecular flexibility index (Phi) is 9.13. The summed E-state index contributed by atoms with van der Waals surface area (Å²) in [4.78, 5) is 6.88. The highest BCUT2D eigenvalue weighted by molar-refractivity contribution is 7.91. The summed E-state index contributed by atoms with van der Waals surface area (Å²) in [6.07, 6.45) is 3.90. The lowest BCUT2D eigenvalue weighted by atomic mass is 10.1. The van der Waals surface area contributed by atoms with Gasteiger partial charge in [0, 0.05) is 26.2 Å². The van der Waals surface area contributed by atoms with Gasteiger partial charge in [-0.25, -0.2) is 13.1 Å². The lowest BCUT2D eigenvalue weighted by Crippen LogP contribution is -2.43. The molecule has 1 saturated heterocycles. The number of rotatable bonds is 9. The summed E-state index contributed by atoms with van der Waals surface area (Å²) in [5.41, 5.74) is 0. The first-order valence-corrected chi connectivity index (χ1v) is 11.7. The summed E-state index contributed by atoms with van der Waals surface area (Å²) in [5.74, 6) is 0.711. The molecule has 3 N–H and O–H groups in total. The maximum absolute atomic E-state index is 12.1. The van der Waals surface area contributed by atoms with Gasteiger partial charge in [0.25, 0.3) is 0 Å². The quantitative estimate of drug-likeness (QED) is 0.321. The van der Waals surface area contributed by atoms with E-state index >= 15 is 0 Å². The molecule has 0 aliphatic carbocycles. The number of piperidine rings is 1. The van der Waals surface area contributed by atoms with Crippen molar-refractivity contribution < 1.29 is 8.42 Å². The molecular weight excluding hydrogens is 394 g/mol. The van der Waals surface area contributed by atoms with Crippen LogP contribution >= 0.6 is 22.9 Å². The molecule has 26 heavy (non-hydrogen) atoms. The molecule has 1 aliphatic heterocycles. The molecule has 0 aromatic carbocycles. The number of sulfonamides is 1. The highest BCUT2D eigenvalue weighted by Gasteiger charge is 2.15. The van der Waals surface area contributed by atoms with Crippen LogP contribution in [0.1, 0.15) is 26.2 Å². The molecule has 0 radical (unpaired) electrons. The van der Waals surface area contributed by atoms with Crippen molar-refractivity contribution in [2.45, 2.75) is 30.4 Å². The van der Waals surface area contributed by atoms with E-state index in [-0.39, 0.29) is 10.8 Å². The van der Waals surface area contributed by atoms with Crippen molar-refractivity contribution in [2.75, 3.05) is 45.8 Å². The molecule has 148 valence electrons. The molecule has 10 heteroatoms. The summed E-state index contributed by atoms with van der Waals surface area (Å²) < 4.78 is 27.5. The van der Waals surface area contributed by atoms with E-state index in [1.165, 1.54) is 38.4 Å². The van der Waals surface area contributed by atoms with E-state index in [2.05, 4.69) is 25.2 Å². The Morgan fingerprint density at radius 3 is 2.65 bits per heavy atom. The molecule has 1 aliphatic rings. The van der Waals surface area contributed by atoms with E-state index in [4.69, 9.17) is 11.6 Å². The fraction of sp³-hybridized carbons (Fsp3) is 0.688. The van der Waals surface area contributed by atoms with Gasteiger partial charge < -0.3 is 15.5 Å². The van der Waals surface area contributed by atoms with Gasteiger partial charge in [-0.15, -0.1) is 11.3 Å². The zero-order valence-electron chi connectivity index (χ0n) is 15.1. The summed E-state index contributed by atoms with van der Waals surface area (Å²) in [6, 6.07) is 3.08. The van der Waals surface area contributed by atoms with Crippen LogP contribution in [-0.4, -0.2) is 65.1 Å². The molecule has 2 rings (SSSR count). The number of halogens is 1. The van der Waals surface area contributed by atoms with Gasteiger partial charge in [0.2, 0.25) is 10.0 Å². The van der Waals surface area contributed by atoms with E-state index in [1.807, 2.05) is 6.92 Å². The summed E-state index contributed by atoms with van der Waals surface area (Å²) in [6.45, 7) is 7.52. The molecule has 0 bridgehead atoms. The minimum Gasteiger partial charge on any atom is -0.357 e. The number of likely N-dealkylation sites (tertiary alicyclic amines) is 1. The molecule has 1 fully saturated rings. The fourth-order valence-corrected chi connectivity index (χ4v) is 5.27. The molecular formula is C16H28ClN5O2S2. The molecule has 0 saturated carbocycles. The van der Waals surface area contributed by atoms with Crippen LogP contribution in [0.5, 0.6) is 0 Å². The van der Waals surface area contributed by atoms with Crippen LogP contribution in [-0.2, 0) is 10.0 Å². The number of hydrogen-bond acceptors (Lipinski definition) is 5. The van der Waals surface area contributed by atoms with Crippen molar-refractivity contribution in [3.8, 4) is 0 Å². The van der Waals surface area contributed by atoms with Crippen molar-refractivity contribution in [1.29, 1.82) is 0 Å². The van der Waals surface area contributed by atoms with Crippen LogP contribution in [0.25, 0.3) is 0 Å². The van der Waals surface area contributed by atoms with Gasteiger partial charge >= 0.3 is 0 Å². The molecule has 0 unspecified atom stereocenters. The number of hydrogen-bond donors (Lipinski definition) is 3. The lowest BCUT2D eigenvalue weighted by Gasteiger charge is -2.26. The smallest absolute Gasteiger partial charge is 0.250 e. The number of nitrogens with one attached hydrogen (secondary N) is 3. The van der Waals surface area contributed by atoms with Crippen molar-refractivity contribution in [3.63, 3.8) is 0 Å². The van der Waals surface area contributed by atoms with Crippen LogP contribution in [0.3, 0.4) is 0 Å². The Hall–Kier alpha value is -0.870. The minimum atomic E-state index is -3.51. The van der Waals surface area contributed by atoms with E-state index in [0.29, 0.717) is 16.8 Å². The van der Waals surface area contributed by atoms with E-state index in [9.17, 15) is 8.42 Å². The number of thiophene rings is 1. The highest BCUT2D eigenvalue weighted by Crippen LogP contribution is 2.25. The first kappa shape index (κ1) is 21.4. The Balaban J connectivity index is 1.73. The molecule has 0 atom stereocenters. The largest absolute Gasteiger partial charge is 0.357 e. The second-order valence-electron chi connectivity index (χ2n) is 6.05. The number of nitrogens with zero attached hydrogens (tertiary/aromatic N) is 2. The second-order valence-corrected chi connectivity index (χ2v) is 9.75. The fourth-order valence-electron chi connectivity index (χ4n) is 2.72. The minimum absolute atomic E-state index is 0.220. The van der Waals surface area contributed by atoms with Crippen molar-refractivity contribution in [3.05, 3.63) is 16.5 Å². The maximum Gasteiger partial charge on any atom is 0.250 e. The average molecular weight is 422 g/mol. The van der Waals surface area contributed by atoms with Gasteiger partial charge in [0.1, 0.15) is 4.21 Å². The lowest BCUT2D eigenvalue weighted by molar-refractivity contribution is 0.232. The van der Waals surface area contributed by atoms with Gasteiger partial charge in [-0.3, -0.25) is 4.99 Å². The van der Waals surface area contributed by atoms with Crippen molar-refractivity contribution in [1.82, 2.24) is 20.3 Å². The third-order valence-electron chi connectivity index (χ3n) is 4.00. The summed E-state index contributed by atoms with van der Waals surface area (Å²) >= 11 is 6.83. The summed E-state index contributed by atoms with van der Waals surface area (Å²) in [5, 5.41) is 6.49. The third-order valence-corrected chi connectivity index (χ3v) is 7.18. The Morgan fingerprint density at radius 1 is 1.23 bits per heavy atom. The van der Waals surface area contributed by atoms with Crippen LogP contribution in [0, 0.1) is 0 Å². The Morgan fingerprint density at radius 2 is 2.00 bits per heavy atom. The van der Waals surface area contributed by atoms with Gasteiger partial charge in [-0.2, -0.15) is 0 Å². The molecule has 2 heterocycles. The predicted octanol–water partition coefficient (Wildman–Crippen LogP) is 1.72. The Labute approximate surface area is 165 Å². The predicted molar refractivity (Wildman–Crippen MR) is 109 cm³/mol. The first-order valence-electron chi connectivity index (χ1n) is 9.01. The maximum atomic E-state index is 12.1. The number of guanidine groups is 1. The van der Waals surface area contributed by atoms with Crippen LogP contribution in [0.2, 0.25) is 4.34 Å². The van der Waals surface area contributed by atoms with Crippen LogP contribution < -0.4 is 15.4 Å². The number of aliphatic imine (C=N–C) groups is 1. The average Bonchev–Trinajstić information content (AvgIpc) is 3.07. The topological polar surface area (TPSA) is 85.8 Å². The monoisotopic (exact) mass is 421 g/mol. The Bertz CT molecular complexity index is 672. The highest BCUT2D eigenvalue weighted by atomic mass is 35.5. The molecule has 0 spiro atoms. The van der Waals surface area contributed by atoms with Crippen LogP contribution in [0.15, 0.2) is 21.3 Å². The van der Waals surface area contributed by atoms with E-state index in [1.54, 1.807) is 6.07 Å². The van der Waals surface area contributed by atoms with Crippen molar-refractivity contribution >= 4 is 38.9 Å². The molecule has 1 aromatic rings. The zero-order chi connectivity index (χ0) is 18.8. The van der Waals surface area contributed by atoms with Gasteiger partial charge in [0.05, 0.1) is 10.9 Å². The molecule has 1 aromatic heterocycles. The first-order chi connectivity index (χ1) is 12.5. The molecule has 0 amide bonds. The van der Waals surface area contributed by atoms with E-state index < -0.39 is 10.0 Å². The standard InChI is InChI=1S/C16H28ClN5O2S2/c1-2-18-16(20-10-13-22-11-4-3-5-12-22)19-8-9-21-26(23,24)15-7-6-14(17)25-15/h6-7,21H,2-5,8-13H2,1H3,(H2,18,19,20). The van der Waals surface area contributed by atoms with Crippen molar-refractivity contribution in [2.24, 2.45) is 4.99 Å². The molecule has 7 nitrogen and oxygen atoms in total.